The fourth-order valence-electron chi connectivity index (χ4n) is 1.39. The van der Waals surface area contributed by atoms with Crippen molar-refractivity contribution in [2.45, 2.75) is 19.9 Å². The zero-order valence-corrected chi connectivity index (χ0v) is 9.41. The van der Waals surface area contributed by atoms with E-state index < -0.39 is 0 Å². The Morgan fingerprint density at radius 3 is 2.87 bits per heavy atom. The Labute approximate surface area is 90.4 Å². The number of carbonyl (C=O) groups is 1. The highest BCUT2D eigenvalue weighted by atomic mass is 16.5. The molecule has 82 valence electrons. The van der Waals surface area contributed by atoms with Crippen LogP contribution in [0, 0.1) is 6.92 Å². The third-order valence-electron chi connectivity index (χ3n) is 2.07. The number of ether oxygens (including phenoxy) is 1. The van der Waals surface area contributed by atoms with Crippen molar-refractivity contribution >= 4 is 5.91 Å². The molecular weight excluding hydrogens is 190 g/mol. The normalized spacial score (nSPS) is 12.2. The van der Waals surface area contributed by atoms with E-state index >= 15 is 0 Å². The van der Waals surface area contributed by atoms with Crippen LogP contribution in [0.4, 0.5) is 0 Å². The van der Waals surface area contributed by atoms with Gasteiger partial charge in [0.15, 0.2) is 0 Å². The molecule has 0 radical (unpaired) electrons. The van der Waals surface area contributed by atoms with Gasteiger partial charge < -0.3 is 10.1 Å². The summed E-state index contributed by atoms with van der Waals surface area (Å²) >= 11 is 0. The van der Waals surface area contributed by atoms with Gasteiger partial charge in [-0.05, 0) is 26.0 Å². The highest BCUT2D eigenvalue weighted by Crippen LogP contribution is 2.03. The minimum absolute atomic E-state index is 0.0306. The van der Waals surface area contributed by atoms with E-state index in [9.17, 15) is 4.79 Å². The minimum atomic E-state index is -0.0525. The zero-order chi connectivity index (χ0) is 11.3. The van der Waals surface area contributed by atoms with Crippen molar-refractivity contribution in [1.82, 2.24) is 5.32 Å². The van der Waals surface area contributed by atoms with Crippen LogP contribution in [0.3, 0.4) is 0 Å². The lowest BCUT2D eigenvalue weighted by molar-refractivity contribution is 0.0905. The first-order chi connectivity index (χ1) is 7.13. The predicted molar refractivity (Wildman–Crippen MR) is 60.0 cm³/mol. The largest absolute Gasteiger partial charge is 0.383 e. The highest BCUT2D eigenvalue weighted by Gasteiger charge is 2.08. The van der Waals surface area contributed by atoms with E-state index in [1.807, 2.05) is 38.1 Å². The van der Waals surface area contributed by atoms with Gasteiger partial charge in [0.1, 0.15) is 0 Å². The second-order valence-corrected chi connectivity index (χ2v) is 3.70. The molecule has 3 nitrogen and oxygen atoms in total. The smallest absolute Gasteiger partial charge is 0.251 e. The topological polar surface area (TPSA) is 38.3 Å². The maximum Gasteiger partial charge on any atom is 0.251 e. The minimum Gasteiger partial charge on any atom is -0.383 e. The van der Waals surface area contributed by atoms with Crippen molar-refractivity contribution in [2.75, 3.05) is 13.7 Å². The molecule has 0 spiro atoms. The monoisotopic (exact) mass is 207 g/mol. The van der Waals surface area contributed by atoms with Crippen molar-refractivity contribution in [1.29, 1.82) is 0 Å². The SMILES string of the molecule is COC[C@@H](C)NC(=O)c1cccc(C)c1. The summed E-state index contributed by atoms with van der Waals surface area (Å²) in [5, 5.41) is 2.86. The van der Waals surface area contributed by atoms with Gasteiger partial charge in [0.25, 0.3) is 5.91 Å². The van der Waals surface area contributed by atoms with Crippen LogP contribution in [0.15, 0.2) is 24.3 Å². The van der Waals surface area contributed by atoms with Crippen LogP contribution in [0.25, 0.3) is 0 Å². The molecule has 0 aliphatic carbocycles. The lowest BCUT2D eigenvalue weighted by Crippen LogP contribution is -2.35. The Kier molecular flexibility index (Phi) is 4.31. The molecule has 0 heterocycles. The van der Waals surface area contributed by atoms with Gasteiger partial charge in [0.2, 0.25) is 0 Å². The average molecular weight is 207 g/mol. The van der Waals surface area contributed by atoms with Gasteiger partial charge >= 0.3 is 0 Å². The van der Waals surface area contributed by atoms with Gasteiger partial charge in [-0.2, -0.15) is 0 Å². The average Bonchev–Trinajstić information content (AvgIpc) is 2.18. The Hall–Kier alpha value is -1.35. The molecule has 1 aromatic carbocycles. The quantitative estimate of drug-likeness (QED) is 0.817. The summed E-state index contributed by atoms with van der Waals surface area (Å²) in [5.74, 6) is -0.0525. The number of methoxy groups -OCH3 is 1. The fraction of sp³-hybridized carbons (Fsp3) is 0.417. The van der Waals surface area contributed by atoms with E-state index in [4.69, 9.17) is 4.74 Å². The van der Waals surface area contributed by atoms with Gasteiger partial charge in [0, 0.05) is 18.7 Å². The van der Waals surface area contributed by atoms with Crippen LogP contribution in [0.2, 0.25) is 0 Å². The Morgan fingerprint density at radius 1 is 1.53 bits per heavy atom. The molecule has 0 saturated heterocycles. The van der Waals surface area contributed by atoms with Gasteiger partial charge in [-0.25, -0.2) is 0 Å². The van der Waals surface area contributed by atoms with Gasteiger partial charge in [-0.15, -0.1) is 0 Å². The molecule has 0 saturated carbocycles. The third-order valence-corrected chi connectivity index (χ3v) is 2.07. The molecule has 0 unspecified atom stereocenters. The third kappa shape index (κ3) is 3.72. The molecule has 1 rings (SSSR count). The molecule has 1 atom stereocenters. The molecule has 15 heavy (non-hydrogen) atoms. The molecule has 1 N–H and O–H groups in total. The van der Waals surface area contributed by atoms with Crippen LogP contribution in [0.1, 0.15) is 22.8 Å². The Bertz CT molecular complexity index is 336. The predicted octanol–water partition coefficient (Wildman–Crippen LogP) is 1.76. The van der Waals surface area contributed by atoms with E-state index in [0.717, 1.165) is 5.56 Å². The first-order valence-corrected chi connectivity index (χ1v) is 5.00. The van der Waals surface area contributed by atoms with Crippen LogP contribution in [0.5, 0.6) is 0 Å². The molecule has 1 aromatic rings. The lowest BCUT2D eigenvalue weighted by atomic mass is 10.1. The number of aryl methyl sites for hydroxylation is 1. The number of benzene rings is 1. The number of rotatable bonds is 4. The summed E-state index contributed by atoms with van der Waals surface area (Å²) in [7, 11) is 1.62. The second-order valence-electron chi connectivity index (χ2n) is 3.70. The molecule has 0 fully saturated rings. The van der Waals surface area contributed by atoms with Crippen LogP contribution in [-0.2, 0) is 4.74 Å². The summed E-state index contributed by atoms with van der Waals surface area (Å²) in [6.07, 6.45) is 0. The van der Waals surface area contributed by atoms with Gasteiger partial charge in [0.05, 0.1) is 6.61 Å². The van der Waals surface area contributed by atoms with Crippen molar-refractivity contribution in [3.8, 4) is 0 Å². The highest BCUT2D eigenvalue weighted by molar-refractivity contribution is 5.94. The first-order valence-electron chi connectivity index (χ1n) is 5.00. The fourth-order valence-corrected chi connectivity index (χ4v) is 1.39. The van der Waals surface area contributed by atoms with Crippen molar-refractivity contribution in [3.05, 3.63) is 35.4 Å². The van der Waals surface area contributed by atoms with E-state index in [2.05, 4.69) is 5.32 Å². The molecule has 0 aromatic heterocycles. The van der Waals surface area contributed by atoms with Gasteiger partial charge in [-0.3, -0.25) is 4.79 Å². The lowest BCUT2D eigenvalue weighted by Gasteiger charge is -2.12. The molecule has 3 heteroatoms. The molecule has 0 aliphatic heterocycles. The number of nitrogens with one attached hydrogen (secondary N) is 1. The summed E-state index contributed by atoms with van der Waals surface area (Å²) in [6.45, 7) is 4.41. The number of amides is 1. The van der Waals surface area contributed by atoms with Gasteiger partial charge in [-0.1, -0.05) is 17.7 Å². The molecular formula is C12H17NO2. The number of hydrogen-bond donors (Lipinski definition) is 1. The summed E-state index contributed by atoms with van der Waals surface area (Å²) in [6, 6.07) is 7.56. The van der Waals surface area contributed by atoms with Crippen molar-refractivity contribution in [2.24, 2.45) is 0 Å². The van der Waals surface area contributed by atoms with Crippen LogP contribution in [-0.4, -0.2) is 25.7 Å². The van der Waals surface area contributed by atoms with E-state index in [1.54, 1.807) is 7.11 Å². The second kappa shape index (κ2) is 5.51. The first kappa shape index (κ1) is 11.7. The summed E-state index contributed by atoms with van der Waals surface area (Å²) < 4.78 is 4.95. The summed E-state index contributed by atoms with van der Waals surface area (Å²) in [5.41, 5.74) is 1.78. The Morgan fingerprint density at radius 2 is 2.27 bits per heavy atom. The van der Waals surface area contributed by atoms with Crippen LogP contribution < -0.4 is 5.32 Å². The van der Waals surface area contributed by atoms with Crippen LogP contribution >= 0.6 is 0 Å². The van der Waals surface area contributed by atoms with E-state index in [0.29, 0.717) is 12.2 Å². The number of hydrogen-bond acceptors (Lipinski definition) is 2. The molecule has 0 bridgehead atoms. The molecule has 1 amide bonds. The maximum atomic E-state index is 11.7. The number of carbonyl (C=O) groups excluding carboxylic acids is 1. The van der Waals surface area contributed by atoms with E-state index in [-0.39, 0.29) is 11.9 Å². The Balaban J connectivity index is 2.61. The molecule has 0 aliphatic rings. The van der Waals surface area contributed by atoms with Crippen molar-refractivity contribution < 1.29 is 9.53 Å². The van der Waals surface area contributed by atoms with Crippen molar-refractivity contribution in [3.63, 3.8) is 0 Å². The standard InChI is InChI=1S/C12H17NO2/c1-9-5-4-6-11(7-9)12(14)13-10(2)8-15-3/h4-7,10H,8H2,1-3H3,(H,13,14)/t10-/m1/s1. The van der Waals surface area contributed by atoms with E-state index in [1.165, 1.54) is 0 Å². The zero-order valence-electron chi connectivity index (χ0n) is 9.41. The maximum absolute atomic E-state index is 11.7. The summed E-state index contributed by atoms with van der Waals surface area (Å²) in [4.78, 5) is 11.7.